The number of aliphatic hydroxyl groups is 1. The molecule has 5 nitrogen and oxygen atoms in total. The Kier molecular flexibility index (Phi) is 4.07. The molecule has 1 saturated heterocycles. The van der Waals surface area contributed by atoms with Crippen LogP contribution in [0.15, 0.2) is 0 Å². The number of hydrogen-bond donors (Lipinski definition) is 1. The summed E-state index contributed by atoms with van der Waals surface area (Å²) in [6.07, 6.45) is -0.788. The van der Waals surface area contributed by atoms with Gasteiger partial charge in [0.25, 0.3) is 0 Å². The first-order valence-corrected chi connectivity index (χ1v) is 5.13. The van der Waals surface area contributed by atoms with E-state index in [1.54, 1.807) is 20.8 Å². The predicted molar refractivity (Wildman–Crippen MR) is 52.2 cm³/mol. The Morgan fingerprint density at radius 3 is 2.67 bits per heavy atom. The standard InChI is InChI=1S/C10H18O5/c1-4-13-9(12)8-7(5-6-11)14-10(2,3)15-8/h7-8,11H,4-6H2,1-3H3/t7-,8+/m1/s1. The van der Waals surface area contributed by atoms with Crippen LogP contribution in [0.25, 0.3) is 0 Å². The molecule has 1 rings (SSSR count). The van der Waals surface area contributed by atoms with Gasteiger partial charge in [-0.2, -0.15) is 0 Å². The summed E-state index contributed by atoms with van der Waals surface area (Å²) >= 11 is 0. The summed E-state index contributed by atoms with van der Waals surface area (Å²) in [5.74, 6) is -1.22. The Labute approximate surface area is 89.3 Å². The topological polar surface area (TPSA) is 65.0 Å². The molecule has 0 aliphatic carbocycles. The smallest absolute Gasteiger partial charge is 0.338 e. The predicted octanol–water partition coefficient (Wildman–Crippen LogP) is 0.452. The zero-order valence-corrected chi connectivity index (χ0v) is 9.36. The third kappa shape index (κ3) is 3.15. The molecular weight excluding hydrogens is 200 g/mol. The lowest BCUT2D eigenvalue weighted by Gasteiger charge is -2.16. The molecule has 15 heavy (non-hydrogen) atoms. The summed E-state index contributed by atoms with van der Waals surface area (Å²) in [5.41, 5.74) is 0. The van der Waals surface area contributed by atoms with Crippen molar-refractivity contribution in [1.82, 2.24) is 0 Å². The molecule has 0 saturated carbocycles. The second-order valence-electron chi connectivity index (χ2n) is 3.86. The quantitative estimate of drug-likeness (QED) is 0.694. The monoisotopic (exact) mass is 218 g/mol. The van der Waals surface area contributed by atoms with E-state index in [1.807, 2.05) is 0 Å². The first-order valence-electron chi connectivity index (χ1n) is 5.13. The van der Waals surface area contributed by atoms with Crippen molar-refractivity contribution in [3.05, 3.63) is 0 Å². The number of esters is 1. The van der Waals surface area contributed by atoms with Crippen molar-refractivity contribution in [2.24, 2.45) is 0 Å². The second-order valence-corrected chi connectivity index (χ2v) is 3.86. The summed E-state index contributed by atoms with van der Waals surface area (Å²) < 4.78 is 15.8. The molecule has 0 radical (unpaired) electrons. The van der Waals surface area contributed by atoms with Crippen LogP contribution in [0.4, 0.5) is 0 Å². The first kappa shape index (κ1) is 12.4. The van der Waals surface area contributed by atoms with E-state index in [9.17, 15) is 4.79 Å². The van der Waals surface area contributed by atoms with E-state index in [0.717, 1.165) is 0 Å². The minimum Gasteiger partial charge on any atom is -0.464 e. The van der Waals surface area contributed by atoms with E-state index >= 15 is 0 Å². The van der Waals surface area contributed by atoms with Crippen LogP contribution in [0.3, 0.4) is 0 Å². The summed E-state index contributed by atoms with van der Waals surface area (Å²) in [4.78, 5) is 11.5. The molecule has 1 heterocycles. The van der Waals surface area contributed by atoms with Gasteiger partial charge in [-0.25, -0.2) is 4.79 Å². The van der Waals surface area contributed by atoms with Gasteiger partial charge in [0.05, 0.1) is 6.61 Å². The van der Waals surface area contributed by atoms with Crippen LogP contribution in [0.2, 0.25) is 0 Å². The lowest BCUT2D eigenvalue weighted by atomic mass is 10.1. The molecule has 1 aliphatic heterocycles. The minimum atomic E-state index is -0.794. The summed E-state index contributed by atoms with van der Waals surface area (Å²) in [5, 5.41) is 8.84. The second kappa shape index (κ2) is 4.92. The molecule has 0 aromatic rings. The fraction of sp³-hybridized carbons (Fsp3) is 0.900. The van der Waals surface area contributed by atoms with Gasteiger partial charge in [-0.15, -0.1) is 0 Å². The highest BCUT2D eigenvalue weighted by Crippen LogP contribution is 2.30. The van der Waals surface area contributed by atoms with Gasteiger partial charge < -0.3 is 19.3 Å². The van der Waals surface area contributed by atoms with E-state index in [4.69, 9.17) is 19.3 Å². The maximum absolute atomic E-state index is 11.5. The Bertz CT molecular complexity index is 226. The SMILES string of the molecule is CCOC(=O)[C@H]1OC(C)(C)O[C@@H]1CCO. The third-order valence-electron chi connectivity index (χ3n) is 2.12. The normalized spacial score (nSPS) is 29.1. The Hall–Kier alpha value is -0.650. The number of ether oxygens (including phenoxy) is 3. The number of carbonyl (C=O) groups excluding carboxylic acids is 1. The zero-order valence-electron chi connectivity index (χ0n) is 9.36. The molecule has 2 atom stereocenters. The third-order valence-corrected chi connectivity index (χ3v) is 2.12. The van der Waals surface area contributed by atoms with Crippen LogP contribution in [0.5, 0.6) is 0 Å². The van der Waals surface area contributed by atoms with Gasteiger partial charge in [0.1, 0.15) is 6.10 Å². The van der Waals surface area contributed by atoms with Crippen LogP contribution >= 0.6 is 0 Å². The van der Waals surface area contributed by atoms with Crippen molar-refractivity contribution in [2.45, 2.75) is 45.2 Å². The van der Waals surface area contributed by atoms with E-state index < -0.39 is 24.0 Å². The number of carbonyl (C=O) groups is 1. The van der Waals surface area contributed by atoms with Gasteiger partial charge in [-0.3, -0.25) is 0 Å². The fourth-order valence-corrected chi connectivity index (χ4v) is 1.60. The Morgan fingerprint density at radius 2 is 2.13 bits per heavy atom. The molecule has 0 amide bonds. The van der Waals surface area contributed by atoms with Crippen molar-refractivity contribution in [1.29, 1.82) is 0 Å². The average Bonchev–Trinajstić information content (AvgIpc) is 2.42. The fourth-order valence-electron chi connectivity index (χ4n) is 1.60. The molecule has 88 valence electrons. The van der Waals surface area contributed by atoms with Crippen LogP contribution in [-0.2, 0) is 19.0 Å². The lowest BCUT2D eigenvalue weighted by Crippen LogP contribution is -2.33. The van der Waals surface area contributed by atoms with E-state index in [2.05, 4.69) is 0 Å². The van der Waals surface area contributed by atoms with E-state index in [1.165, 1.54) is 0 Å². The highest BCUT2D eigenvalue weighted by Gasteiger charge is 2.45. The van der Waals surface area contributed by atoms with Gasteiger partial charge in [0.15, 0.2) is 11.9 Å². The number of hydrogen-bond acceptors (Lipinski definition) is 5. The summed E-state index contributed by atoms with van der Waals surface area (Å²) in [6, 6.07) is 0. The molecule has 0 unspecified atom stereocenters. The highest BCUT2D eigenvalue weighted by molar-refractivity contribution is 5.75. The highest BCUT2D eigenvalue weighted by atomic mass is 16.8. The molecule has 0 spiro atoms. The summed E-state index contributed by atoms with van der Waals surface area (Å²) in [6.45, 7) is 5.47. The van der Waals surface area contributed by atoms with Crippen LogP contribution < -0.4 is 0 Å². The molecule has 1 aliphatic rings. The van der Waals surface area contributed by atoms with Crippen molar-refractivity contribution in [3.8, 4) is 0 Å². The van der Waals surface area contributed by atoms with Crippen molar-refractivity contribution >= 4 is 5.97 Å². The van der Waals surface area contributed by atoms with Gasteiger partial charge in [-0.1, -0.05) is 0 Å². The zero-order chi connectivity index (χ0) is 11.5. The molecule has 0 bridgehead atoms. The van der Waals surface area contributed by atoms with Gasteiger partial charge >= 0.3 is 5.97 Å². The van der Waals surface area contributed by atoms with Gasteiger partial charge in [0.2, 0.25) is 0 Å². The minimum absolute atomic E-state index is 0.0417. The summed E-state index contributed by atoms with van der Waals surface area (Å²) in [7, 11) is 0. The van der Waals surface area contributed by atoms with Crippen molar-refractivity contribution in [2.75, 3.05) is 13.2 Å². The molecule has 5 heteroatoms. The Balaban J connectivity index is 2.64. The maximum Gasteiger partial charge on any atom is 0.338 e. The van der Waals surface area contributed by atoms with Gasteiger partial charge in [0, 0.05) is 6.61 Å². The van der Waals surface area contributed by atoms with E-state index in [-0.39, 0.29) is 6.61 Å². The molecule has 0 aromatic carbocycles. The first-order chi connectivity index (χ1) is 7.00. The Morgan fingerprint density at radius 1 is 1.47 bits per heavy atom. The van der Waals surface area contributed by atoms with Crippen LogP contribution in [0, 0.1) is 0 Å². The number of rotatable bonds is 4. The van der Waals surface area contributed by atoms with Crippen LogP contribution in [-0.4, -0.2) is 42.3 Å². The lowest BCUT2D eigenvalue weighted by molar-refractivity contribution is -0.170. The van der Waals surface area contributed by atoms with Crippen molar-refractivity contribution < 1.29 is 24.1 Å². The number of aliphatic hydroxyl groups excluding tert-OH is 1. The van der Waals surface area contributed by atoms with Crippen LogP contribution in [0.1, 0.15) is 27.2 Å². The van der Waals surface area contributed by atoms with E-state index in [0.29, 0.717) is 13.0 Å². The molecular formula is C10H18O5. The largest absolute Gasteiger partial charge is 0.464 e. The molecule has 1 fully saturated rings. The molecule has 0 aromatic heterocycles. The van der Waals surface area contributed by atoms with Crippen molar-refractivity contribution in [3.63, 3.8) is 0 Å². The molecule has 1 N–H and O–H groups in total. The average molecular weight is 218 g/mol. The van der Waals surface area contributed by atoms with Gasteiger partial charge in [-0.05, 0) is 27.2 Å². The maximum atomic E-state index is 11.5.